The number of nitrogens with zero attached hydrogens (tertiary/aromatic N) is 3. The zero-order valence-electron chi connectivity index (χ0n) is 22.7. The summed E-state index contributed by atoms with van der Waals surface area (Å²) in [6.45, 7) is 0. The predicted molar refractivity (Wildman–Crippen MR) is 148 cm³/mol. The van der Waals surface area contributed by atoms with E-state index in [1.807, 2.05) is 0 Å². The van der Waals surface area contributed by atoms with Crippen LogP contribution < -0.4 is 10.6 Å². The first-order valence-electron chi connectivity index (χ1n) is 13.3. The zero-order chi connectivity index (χ0) is 31.1. The fourth-order valence-corrected chi connectivity index (χ4v) is 5.53. The van der Waals surface area contributed by atoms with E-state index in [1.165, 1.54) is 30.1 Å². The Balaban J connectivity index is 1.39. The minimum atomic E-state index is -4.58. The van der Waals surface area contributed by atoms with Gasteiger partial charge in [0.1, 0.15) is 17.9 Å². The maximum absolute atomic E-state index is 13.4. The van der Waals surface area contributed by atoms with Crippen LogP contribution in [0, 0.1) is 0 Å². The van der Waals surface area contributed by atoms with Crippen molar-refractivity contribution in [2.75, 3.05) is 12.4 Å². The number of likely N-dealkylation sites (N-methyl/N-ethyl adjacent to an activating group) is 1. The molecule has 1 fully saturated rings. The molecular formula is C29H25ClF3N5O5. The number of carbonyl (C=O) groups excluding carboxylic acids is 5. The maximum Gasteiger partial charge on any atom is 0.416 e. The molecule has 224 valence electrons. The molecule has 2 heterocycles. The Hall–Kier alpha value is -4.52. The number of hydrogen-bond donors (Lipinski definition) is 2. The first kappa shape index (κ1) is 30.0. The first-order chi connectivity index (χ1) is 20.4. The van der Waals surface area contributed by atoms with Crippen molar-refractivity contribution >= 4 is 47.2 Å². The summed E-state index contributed by atoms with van der Waals surface area (Å²) in [7, 11) is 1.37. The third-order valence-corrected chi connectivity index (χ3v) is 8.15. The van der Waals surface area contributed by atoms with Crippen molar-refractivity contribution < 1.29 is 37.1 Å². The maximum atomic E-state index is 13.4. The molecule has 1 aromatic heterocycles. The standard InChI is InChI=1S/C29H25ClF3N5O5/c1-34-24(40)23(4-2-11-39)38-25(41)19-7-5-16(12-20(19)26(38)42)17-14-35-37(15-17)28(9-3-10-28)27(43)36-22-8-6-18(13-21(22)30)29(31,32)33/h5-8,11-15,23H,2-4,9-10H2,1H3,(H,34,40)(H,36,43). The van der Waals surface area contributed by atoms with E-state index in [4.69, 9.17) is 11.6 Å². The van der Waals surface area contributed by atoms with Crippen LogP contribution in [0.1, 0.15) is 58.4 Å². The van der Waals surface area contributed by atoms with Crippen LogP contribution in [-0.4, -0.2) is 57.7 Å². The lowest BCUT2D eigenvalue weighted by molar-refractivity contribution is -0.137. The zero-order valence-corrected chi connectivity index (χ0v) is 23.5. The van der Waals surface area contributed by atoms with E-state index in [0.29, 0.717) is 36.7 Å². The molecule has 14 heteroatoms. The number of alkyl halides is 3. The number of amides is 4. The second-order valence-electron chi connectivity index (χ2n) is 10.3. The van der Waals surface area contributed by atoms with E-state index >= 15 is 0 Å². The topological polar surface area (TPSA) is 130 Å². The lowest BCUT2D eigenvalue weighted by Crippen LogP contribution is -2.51. The van der Waals surface area contributed by atoms with Crippen LogP contribution in [-0.2, 0) is 26.1 Å². The number of nitrogens with one attached hydrogen (secondary N) is 2. The van der Waals surface area contributed by atoms with E-state index in [1.54, 1.807) is 12.3 Å². The Morgan fingerprint density at radius 2 is 1.81 bits per heavy atom. The number of halogens is 4. The van der Waals surface area contributed by atoms with Gasteiger partial charge in [0, 0.05) is 25.2 Å². The Bertz CT molecular complexity index is 1650. The van der Waals surface area contributed by atoms with Gasteiger partial charge in [-0.05, 0) is 61.6 Å². The summed E-state index contributed by atoms with van der Waals surface area (Å²) in [6, 6.07) is 6.13. The van der Waals surface area contributed by atoms with Gasteiger partial charge in [-0.1, -0.05) is 17.7 Å². The van der Waals surface area contributed by atoms with Gasteiger partial charge in [0.25, 0.3) is 17.7 Å². The van der Waals surface area contributed by atoms with Gasteiger partial charge in [-0.3, -0.25) is 28.8 Å². The van der Waals surface area contributed by atoms with Crippen molar-refractivity contribution in [1.82, 2.24) is 20.0 Å². The fraction of sp³-hybridized carbons (Fsp3) is 0.310. The van der Waals surface area contributed by atoms with E-state index in [2.05, 4.69) is 15.7 Å². The number of carbonyl (C=O) groups is 5. The van der Waals surface area contributed by atoms with Crippen LogP contribution in [0.4, 0.5) is 18.9 Å². The van der Waals surface area contributed by atoms with Gasteiger partial charge in [0.05, 0.1) is 33.6 Å². The number of benzene rings is 2. The minimum Gasteiger partial charge on any atom is -0.357 e. The van der Waals surface area contributed by atoms with Crippen LogP contribution >= 0.6 is 11.6 Å². The molecule has 1 atom stereocenters. The normalized spacial score (nSPS) is 16.3. The van der Waals surface area contributed by atoms with E-state index < -0.39 is 46.9 Å². The highest BCUT2D eigenvalue weighted by molar-refractivity contribution is 6.33. The Morgan fingerprint density at radius 1 is 1.09 bits per heavy atom. The number of hydrogen-bond acceptors (Lipinski definition) is 6. The summed E-state index contributed by atoms with van der Waals surface area (Å²) >= 11 is 6.04. The van der Waals surface area contributed by atoms with Gasteiger partial charge < -0.3 is 15.4 Å². The van der Waals surface area contributed by atoms with E-state index in [0.717, 1.165) is 23.1 Å². The molecule has 4 amide bonds. The van der Waals surface area contributed by atoms with Crippen LogP contribution in [0.15, 0.2) is 48.8 Å². The average Bonchev–Trinajstić information content (AvgIpc) is 3.52. The van der Waals surface area contributed by atoms with Crippen LogP contribution in [0.5, 0.6) is 0 Å². The number of aldehydes is 1. The molecule has 0 spiro atoms. The van der Waals surface area contributed by atoms with Gasteiger partial charge in [-0.2, -0.15) is 18.3 Å². The highest BCUT2D eigenvalue weighted by Crippen LogP contribution is 2.42. The molecule has 5 rings (SSSR count). The van der Waals surface area contributed by atoms with Crippen LogP contribution in [0.25, 0.3) is 11.1 Å². The molecule has 1 saturated carbocycles. The Kier molecular flexibility index (Phi) is 7.86. The largest absolute Gasteiger partial charge is 0.416 e. The molecule has 0 radical (unpaired) electrons. The number of rotatable bonds is 9. The highest BCUT2D eigenvalue weighted by atomic mass is 35.5. The van der Waals surface area contributed by atoms with E-state index in [-0.39, 0.29) is 34.7 Å². The third kappa shape index (κ3) is 5.29. The lowest BCUT2D eigenvalue weighted by atomic mass is 9.76. The summed E-state index contributed by atoms with van der Waals surface area (Å²) < 4.78 is 40.5. The molecule has 1 aliphatic carbocycles. The highest BCUT2D eigenvalue weighted by Gasteiger charge is 2.47. The molecule has 1 aliphatic heterocycles. The predicted octanol–water partition coefficient (Wildman–Crippen LogP) is 4.43. The van der Waals surface area contributed by atoms with Crippen molar-refractivity contribution in [2.24, 2.45) is 0 Å². The first-order valence-corrected chi connectivity index (χ1v) is 13.7. The Labute approximate surface area is 248 Å². The molecule has 0 bridgehead atoms. The molecule has 3 aromatic rings. The molecule has 43 heavy (non-hydrogen) atoms. The second-order valence-corrected chi connectivity index (χ2v) is 10.7. The monoisotopic (exact) mass is 615 g/mol. The molecule has 2 aliphatic rings. The third-order valence-electron chi connectivity index (χ3n) is 7.84. The number of imide groups is 1. The van der Waals surface area contributed by atoms with Gasteiger partial charge in [-0.15, -0.1) is 0 Å². The Morgan fingerprint density at radius 3 is 2.42 bits per heavy atom. The van der Waals surface area contributed by atoms with Crippen molar-refractivity contribution in [3.05, 3.63) is 70.5 Å². The van der Waals surface area contributed by atoms with Crippen molar-refractivity contribution in [1.29, 1.82) is 0 Å². The lowest BCUT2D eigenvalue weighted by Gasteiger charge is -2.40. The van der Waals surface area contributed by atoms with Crippen molar-refractivity contribution in [2.45, 2.75) is 49.9 Å². The van der Waals surface area contributed by atoms with E-state index in [9.17, 15) is 37.1 Å². The van der Waals surface area contributed by atoms with Crippen LogP contribution in [0.3, 0.4) is 0 Å². The summed E-state index contributed by atoms with van der Waals surface area (Å²) in [5.41, 5.74) is -0.743. The SMILES string of the molecule is CNC(=O)C(CCC=O)N1C(=O)c2ccc(-c3cnn(C4(C(=O)Nc5ccc(C(F)(F)F)cc5Cl)CCC4)c3)cc2C1=O. The molecule has 0 saturated heterocycles. The quantitative estimate of drug-likeness (QED) is 0.271. The van der Waals surface area contributed by atoms with Crippen molar-refractivity contribution in [3.63, 3.8) is 0 Å². The smallest absolute Gasteiger partial charge is 0.357 e. The summed E-state index contributed by atoms with van der Waals surface area (Å²) in [4.78, 5) is 64.0. The molecule has 2 aromatic carbocycles. The molecular weight excluding hydrogens is 591 g/mol. The van der Waals surface area contributed by atoms with Gasteiger partial charge in [-0.25, -0.2) is 0 Å². The second kappa shape index (κ2) is 11.3. The van der Waals surface area contributed by atoms with Gasteiger partial charge >= 0.3 is 6.18 Å². The van der Waals surface area contributed by atoms with Crippen LogP contribution in [0.2, 0.25) is 5.02 Å². The fourth-order valence-electron chi connectivity index (χ4n) is 5.30. The van der Waals surface area contributed by atoms with Gasteiger partial charge in [0.2, 0.25) is 5.91 Å². The molecule has 10 nitrogen and oxygen atoms in total. The number of anilines is 1. The average molecular weight is 616 g/mol. The van der Waals surface area contributed by atoms with Gasteiger partial charge in [0.15, 0.2) is 0 Å². The minimum absolute atomic E-state index is 0.0175. The summed E-state index contributed by atoms with van der Waals surface area (Å²) in [5.74, 6) is -2.37. The summed E-state index contributed by atoms with van der Waals surface area (Å²) in [6.07, 6.45) is 0.664. The number of aromatic nitrogens is 2. The molecule has 2 N–H and O–H groups in total. The molecule has 1 unspecified atom stereocenters. The number of fused-ring (bicyclic) bond motifs is 1. The van der Waals surface area contributed by atoms with Crippen molar-refractivity contribution in [3.8, 4) is 11.1 Å². The summed E-state index contributed by atoms with van der Waals surface area (Å²) in [5, 5.41) is 9.18.